The van der Waals surface area contributed by atoms with Crippen LogP contribution in [-0.4, -0.2) is 52.6 Å². The molecule has 1 atom stereocenters. The second-order valence-corrected chi connectivity index (χ2v) is 6.33. The molecule has 0 aromatic heterocycles. The van der Waals surface area contributed by atoms with Gasteiger partial charge in [0.2, 0.25) is 0 Å². The third kappa shape index (κ3) is 6.71. The van der Waals surface area contributed by atoms with Gasteiger partial charge in [0.05, 0.1) is 0 Å². The van der Waals surface area contributed by atoms with Crippen LogP contribution < -0.4 is 5.32 Å². The second-order valence-electron chi connectivity index (χ2n) is 4.75. The van der Waals surface area contributed by atoms with E-state index in [0.717, 1.165) is 25.3 Å². The lowest BCUT2D eigenvalue weighted by molar-refractivity contribution is -0.137. The lowest BCUT2D eigenvalue weighted by Crippen LogP contribution is -2.43. The number of carbonyl (C=O) groups excluding carboxylic acids is 1. The number of likely N-dealkylation sites (tertiary alicyclic amines) is 1. The summed E-state index contributed by atoms with van der Waals surface area (Å²) in [6.07, 6.45) is 4.02. The van der Waals surface area contributed by atoms with Crippen LogP contribution in [-0.2, 0) is 4.79 Å². The Hall–Kier alpha value is -0.910. The molecule has 2 amide bonds. The number of carboxylic acids is 1. The van der Waals surface area contributed by atoms with Gasteiger partial charge in [0.1, 0.15) is 0 Å². The first-order valence-electron chi connectivity index (χ1n) is 6.99. The molecule has 1 rings (SSSR count). The van der Waals surface area contributed by atoms with Crippen molar-refractivity contribution in [1.29, 1.82) is 0 Å². The predicted molar refractivity (Wildman–Crippen MR) is 77.6 cm³/mol. The monoisotopic (exact) mass is 288 g/mol. The summed E-state index contributed by atoms with van der Waals surface area (Å²) in [5.74, 6) is 0.266. The van der Waals surface area contributed by atoms with Gasteiger partial charge < -0.3 is 15.3 Å². The van der Waals surface area contributed by atoms with Crippen LogP contribution in [0.25, 0.3) is 0 Å². The molecular formula is C13H24N2O3S. The van der Waals surface area contributed by atoms with Crippen molar-refractivity contribution < 1.29 is 14.7 Å². The number of thioether (sulfide) groups is 1. The summed E-state index contributed by atoms with van der Waals surface area (Å²) >= 11 is 1.92. The van der Waals surface area contributed by atoms with Crippen molar-refractivity contribution in [1.82, 2.24) is 10.2 Å². The maximum atomic E-state index is 12.0. The summed E-state index contributed by atoms with van der Waals surface area (Å²) in [6, 6.07) is -0.0472. The molecule has 0 radical (unpaired) electrons. The number of nitrogens with one attached hydrogen (secondary N) is 1. The van der Waals surface area contributed by atoms with E-state index in [4.69, 9.17) is 5.11 Å². The maximum Gasteiger partial charge on any atom is 0.317 e. The molecule has 1 fully saturated rings. The van der Waals surface area contributed by atoms with Crippen molar-refractivity contribution >= 4 is 23.8 Å². The minimum absolute atomic E-state index is 0.0472. The normalized spacial score (nSPS) is 19.8. The standard InChI is InChI=1S/C13H24N2O3S/c1-2-19-11-6-3-4-9-15(10-11)13(18)14-8-5-7-12(16)17/h11H,2-10H2,1H3,(H,14,18)(H,16,17). The highest BCUT2D eigenvalue weighted by molar-refractivity contribution is 7.99. The molecule has 6 heteroatoms. The first kappa shape index (κ1) is 16.1. The molecule has 2 N–H and O–H groups in total. The molecule has 0 aromatic carbocycles. The molecule has 110 valence electrons. The van der Waals surface area contributed by atoms with E-state index in [-0.39, 0.29) is 12.5 Å². The topological polar surface area (TPSA) is 69.6 Å². The van der Waals surface area contributed by atoms with Crippen LogP contribution in [0.3, 0.4) is 0 Å². The van der Waals surface area contributed by atoms with E-state index in [9.17, 15) is 9.59 Å². The Balaban J connectivity index is 2.30. The molecule has 0 aromatic rings. The molecule has 1 aliphatic heterocycles. The van der Waals surface area contributed by atoms with Gasteiger partial charge in [-0.15, -0.1) is 0 Å². The van der Waals surface area contributed by atoms with Gasteiger partial charge in [0, 0.05) is 31.3 Å². The van der Waals surface area contributed by atoms with Crippen LogP contribution in [0.15, 0.2) is 0 Å². The van der Waals surface area contributed by atoms with E-state index in [1.807, 2.05) is 16.7 Å². The molecule has 0 spiro atoms. The van der Waals surface area contributed by atoms with Gasteiger partial charge in [-0.25, -0.2) is 4.79 Å². The number of nitrogens with zero attached hydrogens (tertiary/aromatic N) is 1. The molecular weight excluding hydrogens is 264 g/mol. The third-order valence-electron chi connectivity index (χ3n) is 3.16. The number of rotatable bonds is 6. The minimum Gasteiger partial charge on any atom is -0.481 e. The number of carbonyl (C=O) groups is 2. The zero-order chi connectivity index (χ0) is 14.1. The summed E-state index contributed by atoms with van der Waals surface area (Å²) in [4.78, 5) is 24.3. The van der Waals surface area contributed by atoms with Gasteiger partial charge >= 0.3 is 12.0 Å². The van der Waals surface area contributed by atoms with E-state index in [1.165, 1.54) is 12.8 Å². The number of carboxylic acid groups (broad SMARTS) is 1. The number of hydrogen-bond donors (Lipinski definition) is 2. The molecule has 1 aliphatic rings. The lowest BCUT2D eigenvalue weighted by Gasteiger charge is -2.24. The number of hydrogen-bond acceptors (Lipinski definition) is 3. The van der Waals surface area contributed by atoms with E-state index in [1.54, 1.807) is 0 Å². The lowest BCUT2D eigenvalue weighted by atomic mass is 10.2. The third-order valence-corrected chi connectivity index (χ3v) is 4.35. The van der Waals surface area contributed by atoms with Gasteiger partial charge in [-0.05, 0) is 25.0 Å². The van der Waals surface area contributed by atoms with Crippen molar-refractivity contribution in [3.63, 3.8) is 0 Å². The Labute approximate surface area is 119 Å². The van der Waals surface area contributed by atoms with E-state index < -0.39 is 5.97 Å². The van der Waals surface area contributed by atoms with Crippen molar-refractivity contribution in [2.24, 2.45) is 0 Å². The fraction of sp³-hybridized carbons (Fsp3) is 0.846. The molecule has 5 nitrogen and oxygen atoms in total. The predicted octanol–water partition coefficient (Wildman–Crippen LogP) is 2.17. The van der Waals surface area contributed by atoms with Crippen LogP contribution in [0.5, 0.6) is 0 Å². The molecule has 0 saturated carbocycles. The average molecular weight is 288 g/mol. The van der Waals surface area contributed by atoms with Crippen molar-refractivity contribution in [2.75, 3.05) is 25.4 Å². The largest absolute Gasteiger partial charge is 0.481 e. The maximum absolute atomic E-state index is 12.0. The molecule has 0 aliphatic carbocycles. The minimum atomic E-state index is -0.816. The number of aliphatic carboxylic acids is 1. The van der Waals surface area contributed by atoms with Crippen LogP contribution >= 0.6 is 11.8 Å². The molecule has 0 bridgehead atoms. The average Bonchev–Trinajstić information content (AvgIpc) is 2.60. The van der Waals surface area contributed by atoms with Crippen LogP contribution in [0, 0.1) is 0 Å². The summed E-state index contributed by atoms with van der Waals surface area (Å²) in [7, 11) is 0. The fourth-order valence-electron chi connectivity index (χ4n) is 2.21. The first-order valence-corrected chi connectivity index (χ1v) is 8.04. The quantitative estimate of drug-likeness (QED) is 0.735. The van der Waals surface area contributed by atoms with Crippen molar-refractivity contribution in [2.45, 2.75) is 44.3 Å². The van der Waals surface area contributed by atoms with Gasteiger partial charge in [-0.2, -0.15) is 11.8 Å². The van der Waals surface area contributed by atoms with Gasteiger partial charge in [0.25, 0.3) is 0 Å². The van der Waals surface area contributed by atoms with Gasteiger partial charge in [-0.3, -0.25) is 4.79 Å². The highest BCUT2D eigenvalue weighted by atomic mass is 32.2. The Bertz CT molecular complexity index is 300. The smallest absolute Gasteiger partial charge is 0.317 e. The van der Waals surface area contributed by atoms with Crippen molar-refractivity contribution in [3.8, 4) is 0 Å². The van der Waals surface area contributed by atoms with Gasteiger partial charge in [-0.1, -0.05) is 13.3 Å². The second kappa shape index (κ2) is 9.07. The van der Waals surface area contributed by atoms with Crippen molar-refractivity contribution in [3.05, 3.63) is 0 Å². The summed E-state index contributed by atoms with van der Waals surface area (Å²) in [6.45, 7) is 4.20. The Morgan fingerprint density at radius 3 is 2.89 bits per heavy atom. The van der Waals surface area contributed by atoms with E-state index >= 15 is 0 Å². The highest BCUT2D eigenvalue weighted by Gasteiger charge is 2.21. The molecule has 1 saturated heterocycles. The van der Waals surface area contributed by atoms with E-state index in [2.05, 4.69) is 12.2 Å². The SMILES string of the molecule is CCSC1CCCCN(C(=O)NCCCC(=O)O)C1. The number of urea groups is 1. The zero-order valence-electron chi connectivity index (χ0n) is 11.6. The Morgan fingerprint density at radius 1 is 1.42 bits per heavy atom. The highest BCUT2D eigenvalue weighted by Crippen LogP contribution is 2.21. The first-order chi connectivity index (χ1) is 9.13. The van der Waals surface area contributed by atoms with Crippen LogP contribution in [0.2, 0.25) is 0 Å². The fourth-order valence-corrected chi connectivity index (χ4v) is 3.30. The summed E-state index contributed by atoms with van der Waals surface area (Å²) in [5, 5.41) is 11.9. The summed E-state index contributed by atoms with van der Waals surface area (Å²) < 4.78 is 0. The molecule has 19 heavy (non-hydrogen) atoms. The molecule has 1 heterocycles. The van der Waals surface area contributed by atoms with Crippen LogP contribution in [0.1, 0.15) is 39.0 Å². The zero-order valence-corrected chi connectivity index (χ0v) is 12.4. The van der Waals surface area contributed by atoms with Crippen LogP contribution in [0.4, 0.5) is 4.79 Å². The summed E-state index contributed by atoms with van der Waals surface area (Å²) in [5.41, 5.74) is 0. The molecule has 1 unspecified atom stereocenters. The van der Waals surface area contributed by atoms with Gasteiger partial charge in [0.15, 0.2) is 0 Å². The Kier molecular flexibility index (Phi) is 7.70. The van der Waals surface area contributed by atoms with E-state index in [0.29, 0.717) is 18.2 Å². The Morgan fingerprint density at radius 2 is 2.21 bits per heavy atom. The number of amides is 2.